The highest BCUT2D eigenvalue weighted by atomic mass is 35.5. The van der Waals surface area contributed by atoms with Crippen LogP contribution in [0.2, 0.25) is 10.2 Å². The molecule has 0 atom stereocenters. The number of nitrogens with one attached hydrogen (secondary N) is 1. The summed E-state index contributed by atoms with van der Waals surface area (Å²) >= 11 is 12.2. The monoisotopic (exact) mass is 456 g/mol. The number of benzene rings is 1. The molecule has 0 radical (unpaired) electrons. The summed E-state index contributed by atoms with van der Waals surface area (Å²) in [4.78, 5) is 21.0. The summed E-state index contributed by atoms with van der Waals surface area (Å²) in [7, 11) is 1.58. The summed E-state index contributed by atoms with van der Waals surface area (Å²) in [5, 5.41) is 3.48. The minimum absolute atomic E-state index is 0.0129. The van der Waals surface area contributed by atoms with Crippen molar-refractivity contribution in [1.29, 1.82) is 0 Å². The zero-order valence-electron chi connectivity index (χ0n) is 16.4. The standard InChI is InChI=1S/C21H18Cl2N6O2/c1-31-12-2-3-13(14(22)9-12)17-6-4-15(24)21-26-11(10-29(17)21)8-19(30)27-16-5-7-18(23)28-20(16)25/h2-7,9-10H,8,24H2,1H3,(H2,25,28)(H,27,30). The average Bonchev–Trinajstić information content (AvgIpc) is 3.15. The van der Waals surface area contributed by atoms with E-state index >= 15 is 0 Å². The minimum Gasteiger partial charge on any atom is -0.497 e. The fraction of sp³-hybridized carbons (Fsp3) is 0.0952. The summed E-state index contributed by atoms with van der Waals surface area (Å²) in [5.74, 6) is 0.484. The van der Waals surface area contributed by atoms with Gasteiger partial charge in [-0.25, -0.2) is 9.97 Å². The number of fused-ring (bicyclic) bond motifs is 1. The number of rotatable bonds is 5. The number of methoxy groups -OCH3 is 1. The lowest BCUT2D eigenvalue weighted by atomic mass is 10.1. The second kappa shape index (κ2) is 8.33. The van der Waals surface area contributed by atoms with Crippen LogP contribution in [0.1, 0.15) is 5.69 Å². The van der Waals surface area contributed by atoms with E-state index in [-0.39, 0.29) is 23.3 Å². The van der Waals surface area contributed by atoms with Gasteiger partial charge < -0.3 is 21.5 Å². The Bertz CT molecular complexity index is 1300. The molecule has 0 saturated carbocycles. The largest absolute Gasteiger partial charge is 0.497 e. The van der Waals surface area contributed by atoms with Gasteiger partial charge in [0.05, 0.1) is 41.3 Å². The van der Waals surface area contributed by atoms with Crippen molar-refractivity contribution in [3.05, 3.63) is 64.5 Å². The Hall–Kier alpha value is -3.49. The molecular formula is C21H18Cl2N6O2. The van der Waals surface area contributed by atoms with E-state index in [0.29, 0.717) is 33.5 Å². The molecule has 5 N–H and O–H groups in total. The molecule has 0 spiro atoms. The highest BCUT2D eigenvalue weighted by Gasteiger charge is 2.15. The second-order valence-electron chi connectivity index (χ2n) is 6.74. The van der Waals surface area contributed by atoms with Gasteiger partial charge in [-0.15, -0.1) is 0 Å². The molecule has 3 aromatic heterocycles. The van der Waals surface area contributed by atoms with Crippen LogP contribution in [0.15, 0.2) is 48.7 Å². The van der Waals surface area contributed by atoms with Gasteiger partial charge in [0.2, 0.25) is 5.91 Å². The number of anilines is 3. The Kier molecular flexibility index (Phi) is 5.58. The number of halogens is 2. The number of carbonyl (C=O) groups excluding carboxylic acids is 1. The van der Waals surface area contributed by atoms with Crippen LogP contribution >= 0.6 is 23.2 Å². The molecule has 4 aromatic rings. The van der Waals surface area contributed by atoms with E-state index in [4.69, 9.17) is 39.4 Å². The summed E-state index contributed by atoms with van der Waals surface area (Å²) < 4.78 is 7.02. The number of nitrogens with zero attached hydrogens (tertiary/aromatic N) is 3. The summed E-state index contributed by atoms with van der Waals surface area (Å²) in [6, 6.07) is 12.1. The molecular weight excluding hydrogens is 439 g/mol. The predicted molar refractivity (Wildman–Crippen MR) is 123 cm³/mol. The van der Waals surface area contributed by atoms with Crippen molar-refractivity contribution in [3.63, 3.8) is 0 Å². The van der Waals surface area contributed by atoms with Crippen LogP contribution in [-0.4, -0.2) is 27.4 Å². The lowest BCUT2D eigenvalue weighted by Gasteiger charge is -2.10. The molecule has 0 aliphatic heterocycles. The Morgan fingerprint density at radius 3 is 2.65 bits per heavy atom. The molecule has 1 amide bonds. The number of hydrogen-bond donors (Lipinski definition) is 3. The van der Waals surface area contributed by atoms with Gasteiger partial charge in [-0.2, -0.15) is 0 Å². The van der Waals surface area contributed by atoms with Crippen molar-refractivity contribution in [2.75, 3.05) is 23.9 Å². The molecule has 31 heavy (non-hydrogen) atoms. The molecule has 0 aliphatic carbocycles. The Balaban J connectivity index is 1.65. The normalized spacial score (nSPS) is 10.9. The number of nitrogens with two attached hydrogens (primary N) is 2. The summed E-state index contributed by atoms with van der Waals surface area (Å²) in [5.41, 5.74) is 15.4. The van der Waals surface area contributed by atoms with Crippen molar-refractivity contribution < 1.29 is 9.53 Å². The van der Waals surface area contributed by atoms with Gasteiger partial charge in [0.1, 0.15) is 16.7 Å². The Morgan fingerprint density at radius 2 is 1.94 bits per heavy atom. The first-order chi connectivity index (χ1) is 14.9. The molecule has 3 heterocycles. The van der Waals surface area contributed by atoms with Crippen molar-refractivity contribution in [2.45, 2.75) is 6.42 Å². The van der Waals surface area contributed by atoms with Gasteiger partial charge in [0.25, 0.3) is 0 Å². The molecule has 1 aromatic carbocycles. The summed E-state index contributed by atoms with van der Waals surface area (Å²) in [6.07, 6.45) is 1.77. The number of amides is 1. The van der Waals surface area contributed by atoms with Crippen molar-refractivity contribution in [1.82, 2.24) is 14.4 Å². The lowest BCUT2D eigenvalue weighted by Crippen LogP contribution is -2.16. The zero-order valence-corrected chi connectivity index (χ0v) is 17.9. The second-order valence-corrected chi connectivity index (χ2v) is 7.53. The Labute approximate surface area is 187 Å². The molecule has 0 unspecified atom stereocenters. The number of pyridine rings is 2. The van der Waals surface area contributed by atoms with E-state index in [9.17, 15) is 4.79 Å². The minimum atomic E-state index is -0.304. The van der Waals surface area contributed by atoms with Gasteiger partial charge in [-0.1, -0.05) is 23.2 Å². The molecule has 0 saturated heterocycles. The third-order valence-corrected chi connectivity index (χ3v) is 5.18. The molecule has 8 nitrogen and oxygen atoms in total. The van der Waals surface area contributed by atoms with E-state index in [2.05, 4.69) is 15.3 Å². The van der Waals surface area contributed by atoms with Gasteiger partial charge in [0, 0.05) is 11.8 Å². The first-order valence-corrected chi connectivity index (χ1v) is 9.93. The van der Waals surface area contributed by atoms with Crippen molar-refractivity contribution in [3.8, 4) is 17.0 Å². The van der Waals surface area contributed by atoms with Crippen LogP contribution in [0.25, 0.3) is 16.9 Å². The number of carbonyl (C=O) groups is 1. The first-order valence-electron chi connectivity index (χ1n) is 9.18. The van der Waals surface area contributed by atoms with Crippen molar-refractivity contribution >= 4 is 51.9 Å². The average molecular weight is 457 g/mol. The van der Waals surface area contributed by atoms with Gasteiger partial charge >= 0.3 is 0 Å². The molecule has 10 heteroatoms. The zero-order chi connectivity index (χ0) is 22.1. The highest BCUT2D eigenvalue weighted by Crippen LogP contribution is 2.33. The molecule has 0 aliphatic rings. The maximum absolute atomic E-state index is 12.5. The number of ether oxygens (including phenoxy) is 1. The molecule has 158 valence electrons. The fourth-order valence-electron chi connectivity index (χ4n) is 3.19. The van der Waals surface area contributed by atoms with Crippen LogP contribution < -0.4 is 21.5 Å². The quantitative estimate of drug-likeness (QED) is 0.389. The predicted octanol–water partition coefficient (Wildman–Crippen LogP) is 4.06. The summed E-state index contributed by atoms with van der Waals surface area (Å²) in [6.45, 7) is 0. The smallest absolute Gasteiger partial charge is 0.230 e. The van der Waals surface area contributed by atoms with E-state index in [1.165, 1.54) is 0 Å². The van der Waals surface area contributed by atoms with Crippen molar-refractivity contribution in [2.24, 2.45) is 0 Å². The fourth-order valence-corrected chi connectivity index (χ4v) is 3.61. The van der Waals surface area contributed by atoms with E-state index in [1.807, 2.05) is 22.6 Å². The number of hydrogen-bond acceptors (Lipinski definition) is 6. The topological polar surface area (TPSA) is 121 Å². The number of aromatic nitrogens is 3. The number of nitrogen functional groups attached to an aromatic ring is 2. The third kappa shape index (κ3) is 4.21. The van der Waals surface area contributed by atoms with Crippen LogP contribution in [0.3, 0.4) is 0 Å². The SMILES string of the molecule is COc1ccc(-c2ccc(N)c3nc(CC(=O)Nc4ccc(Cl)nc4N)cn23)c(Cl)c1. The van der Waals surface area contributed by atoms with Crippen LogP contribution in [0, 0.1) is 0 Å². The van der Waals surface area contributed by atoms with Gasteiger partial charge in [-0.05, 0) is 42.5 Å². The molecule has 4 rings (SSSR count). The van der Waals surface area contributed by atoms with Gasteiger partial charge in [-0.3, -0.25) is 9.20 Å². The number of imidazole rings is 1. The Morgan fingerprint density at radius 1 is 1.13 bits per heavy atom. The molecule has 0 bridgehead atoms. The highest BCUT2D eigenvalue weighted by molar-refractivity contribution is 6.33. The van der Waals surface area contributed by atoms with Crippen LogP contribution in [0.4, 0.5) is 17.2 Å². The third-order valence-electron chi connectivity index (χ3n) is 4.65. The van der Waals surface area contributed by atoms with Crippen LogP contribution in [0.5, 0.6) is 5.75 Å². The van der Waals surface area contributed by atoms with Crippen LogP contribution in [-0.2, 0) is 11.2 Å². The van der Waals surface area contributed by atoms with E-state index in [1.54, 1.807) is 37.6 Å². The molecule has 0 fully saturated rings. The van der Waals surface area contributed by atoms with E-state index < -0.39 is 0 Å². The lowest BCUT2D eigenvalue weighted by molar-refractivity contribution is -0.115. The maximum Gasteiger partial charge on any atom is 0.230 e. The first kappa shape index (κ1) is 20.8. The van der Waals surface area contributed by atoms with E-state index in [0.717, 1.165) is 11.3 Å². The maximum atomic E-state index is 12.5. The van der Waals surface area contributed by atoms with Gasteiger partial charge in [0.15, 0.2) is 5.65 Å².